The third-order valence-electron chi connectivity index (χ3n) is 2.18. The molecule has 2 heteroatoms. The van der Waals surface area contributed by atoms with Crippen LogP contribution in [0.1, 0.15) is 26.3 Å². The van der Waals surface area contributed by atoms with E-state index < -0.39 is 0 Å². The van der Waals surface area contributed by atoms with Gasteiger partial charge in [-0.25, -0.2) is 0 Å². The number of nitrogens with one attached hydrogen (secondary N) is 1. The maximum absolute atomic E-state index is 9.80. The molecule has 0 aliphatic rings. The maximum atomic E-state index is 9.80. The summed E-state index contributed by atoms with van der Waals surface area (Å²) in [5.41, 5.74) is 1.25. The average Bonchev–Trinajstić information content (AvgIpc) is 2.15. The van der Waals surface area contributed by atoms with Gasteiger partial charge >= 0.3 is 0 Å². The average molecular weight is 207 g/mol. The van der Waals surface area contributed by atoms with Gasteiger partial charge in [0.2, 0.25) is 0 Å². The molecule has 1 rings (SSSR count). The van der Waals surface area contributed by atoms with Gasteiger partial charge in [-0.15, -0.1) is 0 Å². The molecule has 0 heterocycles. The minimum Gasteiger partial charge on any atom is -0.391 e. The quantitative estimate of drug-likeness (QED) is 0.791. The highest BCUT2D eigenvalue weighted by molar-refractivity contribution is 5.15. The maximum Gasteiger partial charge on any atom is 0.0705 e. The van der Waals surface area contributed by atoms with E-state index in [4.69, 9.17) is 0 Å². The zero-order valence-corrected chi connectivity index (χ0v) is 9.83. The smallest absolute Gasteiger partial charge is 0.0705 e. The van der Waals surface area contributed by atoms with Crippen LogP contribution in [0.25, 0.3) is 0 Å². The standard InChI is InChI=1S/C13H21NO/c1-13(2,3)14-10-12(15)9-11-7-5-4-6-8-11/h4-8,12,14-15H,9-10H2,1-3H3. The molecule has 1 aromatic rings. The Morgan fingerprint density at radius 1 is 1.20 bits per heavy atom. The number of aliphatic hydroxyl groups is 1. The molecular formula is C13H21NO. The van der Waals surface area contributed by atoms with Crippen LogP contribution < -0.4 is 5.32 Å². The van der Waals surface area contributed by atoms with Crippen LogP contribution >= 0.6 is 0 Å². The third-order valence-corrected chi connectivity index (χ3v) is 2.18. The fourth-order valence-electron chi connectivity index (χ4n) is 1.38. The van der Waals surface area contributed by atoms with Gasteiger partial charge in [0.1, 0.15) is 0 Å². The first-order chi connectivity index (χ1) is 6.97. The van der Waals surface area contributed by atoms with Crippen molar-refractivity contribution in [2.75, 3.05) is 6.54 Å². The Morgan fingerprint density at radius 3 is 2.33 bits per heavy atom. The summed E-state index contributed by atoms with van der Waals surface area (Å²) in [7, 11) is 0. The van der Waals surface area contributed by atoms with Crippen molar-refractivity contribution >= 4 is 0 Å². The van der Waals surface area contributed by atoms with Gasteiger partial charge in [0.25, 0.3) is 0 Å². The Labute approximate surface area is 92.3 Å². The number of benzene rings is 1. The summed E-state index contributed by atoms with van der Waals surface area (Å²) in [5, 5.41) is 13.1. The van der Waals surface area contributed by atoms with Gasteiger partial charge in [0, 0.05) is 12.1 Å². The van der Waals surface area contributed by atoms with E-state index in [1.54, 1.807) is 0 Å². The van der Waals surface area contributed by atoms with E-state index in [0.29, 0.717) is 13.0 Å². The summed E-state index contributed by atoms with van der Waals surface area (Å²) in [6.07, 6.45) is 0.399. The van der Waals surface area contributed by atoms with Crippen molar-refractivity contribution in [1.82, 2.24) is 5.32 Å². The third kappa shape index (κ3) is 5.55. The SMILES string of the molecule is CC(C)(C)NCC(O)Cc1ccccc1. The lowest BCUT2D eigenvalue weighted by Crippen LogP contribution is -2.41. The molecule has 1 atom stereocenters. The summed E-state index contributed by atoms with van der Waals surface area (Å²) < 4.78 is 0. The topological polar surface area (TPSA) is 32.3 Å². The van der Waals surface area contributed by atoms with Crippen LogP contribution in [0.15, 0.2) is 30.3 Å². The van der Waals surface area contributed by atoms with E-state index in [0.717, 1.165) is 0 Å². The Hall–Kier alpha value is -0.860. The lowest BCUT2D eigenvalue weighted by molar-refractivity contribution is 0.161. The lowest BCUT2D eigenvalue weighted by atomic mass is 10.1. The van der Waals surface area contributed by atoms with E-state index in [9.17, 15) is 5.11 Å². The van der Waals surface area contributed by atoms with Crippen LogP contribution in [0.4, 0.5) is 0 Å². The van der Waals surface area contributed by atoms with Crippen molar-refractivity contribution in [3.05, 3.63) is 35.9 Å². The molecule has 2 nitrogen and oxygen atoms in total. The number of aliphatic hydroxyl groups excluding tert-OH is 1. The van der Waals surface area contributed by atoms with E-state index >= 15 is 0 Å². The normalized spacial score (nSPS) is 13.9. The second-order valence-electron chi connectivity index (χ2n) is 4.97. The van der Waals surface area contributed by atoms with Gasteiger partial charge in [-0.3, -0.25) is 0 Å². The number of hydrogen-bond donors (Lipinski definition) is 2. The predicted molar refractivity (Wildman–Crippen MR) is 63.9 cm³/mol. The Kier molecular flexibility index (Phi) is 4.30. The first-order valence-electron chi connectivity index (χ1n) is 5.44. The van der Waals surface area contributed by atoms with Crippen molar-refractivity contribution in [1.29, 1.82) is 0 Å². The van der Waals surface area contributed by atoms with Gasteiger partial charge in [0.05, 0.1) is 6.10 Å². The summed E-state index contributed by atoms with van der Waals surface area (Å²) >= 11 is 0. The summed E-state index contributed by atoms with van der Waals surface area (Å²) in [5.74, 6) is 0. The van der Waals surface area contributed by atoms with Gasteiger partial charge in [-0.2, -0.15) is 0 Å². The zero-order valence-electron chi connectivity index (χ0n) is 9.83. The molecule has 0 radical (unpaired) electrons. The summed E-state index contributed by atoms with van der Waals surface area (Å²) in [6.45, 7) is 6.94. The number of β-amino-alcohol motifs (C(OH)–C–C–N with tert-alkyl or cyclic N) is 1. The minimum atomic E-state index is -0.313. The molecule has 0 aliphatic carbocycles. The van der Waals surface area contributed by atoms with Crippen molar-refractivity contribution < 1.29 is 5.11 Å². The fourth-order valence-corrected chi connectivity index (χ4v) is 1.38. The molecule has 0 saturated carbocycles. The number of rotatable bonds is 4. The number of hydrogen-bond acceptors (Lipinski definition) is 2. The van der Waals surface area contributed by atoms with E-state index in [1.807, 2.05) is 30.3 Å². The molecule has 0 fully saturated rings. The Balaban J connectivity index is 2.34. The summed E-state index contributed by atoms with van der Waals surface area (Å²) in [4.78, 5) is 0. The second-order valence-corrected chi connectivity index (χ2v) is 4.97. The second kappa shape index (κ2) is 5.29. The van der Waals surface area contributed by atoms with Crippen LogP contribution in [0.5, 0.6) is 0 Å². The Morgan fingerprint density at radius 2 is 1.80 bits per heavy atom. The highest BCUT2D eigenvalue weighted by Crippen LogP contribution is 2.04. The van der Waals surface area contributed by atoms with Crippen molar-refractivity contribution in [2.45, 2.75) is 38.8 Å². The first-order valence-corrected chi connectivity index (χ1v) is 5.44. The van der Waals surface area contributed by atoms with Gasteiger partial charge in [-0.05, 0) is 32.8 Å². The minimum absolute atomic E-state index is 0.0671. The van der Waals surface area contributed by atoms with E-state index in [-0.39, 0.29) is 11.6 Å². The molecule has 0 aliphatic heterocycles. The van der Waals surface area contributed by atoms with Crippen molar-refractivity contribution in [3.63, 3.8) is 0 Å². The largest absolute Gasteiger partial charge is 0.391 e. The van der Waals surface area contributed by atoms with Crippen LogP contribution in [-0.2, 0) is 6.42 Å². The van der Waals surface area contributed by atoms with E-state index in [1.165, 1.54) is 5.56 Å². The monoisotopic (exact) mass is 207 g/mol. The van der Waals surface area contributed by atoms with Gasteiger partial charge in [-0.1, -0.05) is 30.3 Å². The van der Waals surface area contributed by atoms with E-state index in [2.05, 4.69) is 26.1 Å². The van der Waals surface area contributed by atoms with Crippen molar-refractivity contribution in [2.24, 2.45) is 0 Å². The molecule has 0 bridgehead atoms. The molecule has 1 aromatic carbocycles. The lowest BCUT2D eigenvalue weighted by Gasteiger charge is -2.22. The molecule has 15 heavy (non-hydrogen) atoms. The molecule has 84 valence electrons. The Bertz CT molecular complexity index is 276. The van der Waals surface area contributed by atoms with Gasteiger partial charge in [0.15, 0.2) is 0 Å². The molecule has 1 unspecified atom stereocenters. The van der Waals surface area contributed by atoms with Crippen LogP contribution in [0, 0.1) is 0 Å². The molecule has 0 spiro atoms. The molecular weight excluding hydrogens is 186 g/mol. The van der Waals surface area contributed by atoms with Crippen LogP contribution in [-0.4, -0.2) is 23.3 Å². The summed E-state index contributed by atoms with van der Waals surface area (Å²) in [6, 6.07) is 10.1. The van der Waals surface area contributed by atoms with Gasteiger partial charge < -0.3 is 10.4 Å². The fraction of sp³-hybridized carbons (Fsp3) is 0.538. The molecule has 0 saturated heterocycles. The zero-order chi connectivity index (χ0) is 11.3. The highest BCUT2D eigenvalue weighted by atomic mass is 16.3. The van der Waals surface area contributed by atoms with Crippen molar-refractivity contribution in [3.8, 4) is 0 Å². The van der Waals surface area contributed by atoms with Crippen LogP contribution in [0.2, 0.25) is 0 Å². The molecule has 0 aromatic heterocycles. The van der Waals surface area contributed by atoms with Crippen LogP contribution in [0.3, 0.4) is 0 Å². The molecule has 2 N–H and O–H groups in total. The predicted octanol–water partition coefficient (Wildman–Crippen LogP) is 1.98. The highest BCUT2D eigenvalue weighted by Gasteiger charge is 2.12. The molecule has 0 amide bonds. The first kappa shape index (κ1) is 12.2.